The zero-order chi connectivity index (χ0) is 20.5. The molecule has 158 valence electrons. The van der Waals surface area contributed by atoms with Gasteiger partial charge in [0.05, 0.1) is 13.0 Å². The molecule has 0 aromatic heterocycles. The highest BCUT2D eigenvalue weighted by Gasteiger charge is 2.44. The lowest BCUT2D eigenvalue weighted by Crippen LogP contribution is -2.47. The van der Waals surface area contributed by atoms with Crippen LogP contribution in [0.3, 0.4) is 0 Å². The van der Waals surface area contributed by atoms with Gasteiger partial charge in [0.2, 0.25) is 0 Å². The number of esters is 1. The maximum atomic E-state index is 11.8. The third-order valence-electron chi connectivity index (χ3n) is 5.10. The number of unbranched alkanes of at least 4 members (excludes halogenated alkanes) is 10. The molecule has 0 fully saturated rings. The van der Waals surface area contributed by atoms with E-state index in [1.54, 1.807) is 0 Å². The van der Waals surface area contributed by atoms with Crippen LogP contribution in [0.2, 0.25) is 0 Å². The fourth-order valence-corrected chi connectivity index (χ4v) is 3.16. The Morgan fingerprint density at radius 3 is 1.89 bits per heavy atom. The molecule has 0 aliphatic heterocycles. The van der Waals surface area contributed by atoms with Gasteiger partial charge < -0.3 is 14.9 Å². The maximum absolute atomic E-state index is 11.8. The van der Waals surface area contributed by atoms with Gasteiger partial charge in [-0.15, -0.1) is 0 Å². The Morgan fingerprint density at radius 2 is 1.41 bits per heavy atom. The SMILES string of the molecule is CCCCCCCC/C=C\CCCCCCC(C(=O)OC)C(C)(O)C(=O)O. The summed E-state index contributed by atoms with van der Waals surface area (Å²) in [7, 11) is 1.21. The van der Waals surface area contributed by atoms with Crippen LogP contribution in [0.5, 0.6) is 0 Å². The number of carboxylic acids is 1. The largest absolute Gasteiger partial charge is 0.479 e. The first-order valence-corrected chi connectivity index (χ1v) is 10.6. The van der Waals surface area contributed by atoms with Gasteiger partial charge in [0.15, 0.2) is 5.60 Å². The number of allylic oxidation sites excluding steroid dienone is 2. The van der Waals surface area contributed by atoms with E-state index < -0.39 is 23.5 Å². The lowest BCUT2D eigenvalue weighted by Gasteiger charge is -2.26. The molecule has 0 aliphatic carbocycles. The summed E-state index contributed by atoms with van der Waals surface area (Å²) < 4.78 is 4.65. The van der Waals surface area contributed by atoms with Gasteiger partial charge in [-0.25, -0.2) is 4.79 Å². The van der Waals surface area contributed by atoms with Crippen molar-refractivity contribution < 1.29 is 24.5 Å². The molecule has 2 N–H and O–H groups in total. The zero-order valence-corrected chi connectivity index (χ0v) is 17.5. The van der Waals surface area contributed by atoms with Gasteiger partial charge in [-0.2, -0.15) is 0 Å². The second kappa shape index (κ2) is 15.7. The van der Waals surface area contributed by atoms with Gasteiger partial charge >= 0.3 is 11.9 Å². The summed E-state index contributed by atoms with van der Waals surface area (Å²) in [5, 5.41) is 19.2. The smallest absolute Gasteiger partial charge is 0.336 e. The van der Waals surface area contributed by atoms with Crippen molar-refractivity contribution in [2.75, 3.05) is 7.11 Å². The van der Waals surface area contributed by atoms with Crippen LogP contribution in [0, 0.1) is 5.92 Å². The van der Waals surface area contributed by atoms with E-state index in [0.717, 1.165) is 39.0 Å². The number of rotatable bonds is 17. The first kappa shape index (κ1) is 25.6. The Balaban J connectivity index is 3.81. The quantitative estimate of drug-likeness (QED) is 0.203. The van der Waals surface area contributed by atoms with Gasteiger partial charge in [0.25, 0.3) is 0 Å². The summed E-state index contributed by atoms with van der Waals surface area (Å²) in [6, 6.07) is 0. The predicted molar refractivity (Wildman–Crippen MR) is 109 cm³/mol. The molecule has 0 aliphatic rings. The number of aliphatic carboxylic acids is 1. The number of carboxylic acid groups (broad SMARTS) is 1. The van der Waals surface area contributed by atoms with Crippen molar-refractivity contribution in [3.05, 3.63) is 12.2 Å². The first-order valence-electron chi connectivity index (χ1n) is 10.6. The van der Waals surface area contributed by atoms with E-state index in [1.165, 1.54) is 45.6 Å². The molecule has 0 rings (SSSR count). The molecule has 0 aromatic rings. The van der Waals surface area contributed by atoms with Crippen molar-refractivity contribution in [3.8, 4) is 0 Å². The van der Waals surface area contributed by atoms with Gasteiger partial charge in [0, 0.05) is 0 Å². The van der Waals surface area contributed by atoms with Crippen LogP contribution in [-0.2, 0) is 14.3 Å². The Bertz CT molecular complexity index is 428. The predicted octanol–water partition coefficient (Wildman–Crippen LogP) is 5.26. The van der Waals surface area contributed by atoms with Crippen LogP contribution in [0.1, 0.15) is 97.3 Å². The molecule has 0 heterocycles. The fraction of sp³-hybridized carbons (Fsp3) is 0.818. The molecule has 0 amide bonds. The van der Waals surface area contributed by atoms with Crippen molar-refractivity contribution in [1.82, 2.24) is 0 Å². The molecule has 0 radical (unpaired) electrons. The minimum atomic E-state index is -2.09. The highest BCUT2D eigenvalue weighted by Crippen LogP contribution is 2.25. The van der Waals surface area contributed by atoms with E-state index in [4.69, 9.17) is 5.11 Å². The summed E-state index contributed by atoms with van der Waals surface area (Å²) in [5.74, 6) is -3.09. The second-order valence-electron chi connectivity index (χ2n) is 7.55. The first-order chi connectivity index (χ1) is 12.9. The van der Waals surface area contributed by atoms with Crippen LogP contribution in [0.4, 0.5) is 0 Å². The standard InChI is InChI=1S/C22H40O5/c1-4-5-6-7-8-9-10-11-12-13-14-15-16-17-18-19(20(23)27-3)22(2,26)21(24)25/h11-12,19,26H,4-10,13-18H2,1-3H3,(H,24,25)/b12-11-. The average Bonchev–Trinajstić information content (AvgIpc) is 2.64. The van der Waals surface area contributed by atoms with Crippen LogP contribution in [-0.4, -0.2) is 34.9 Å². The summed E-state index contributed by atoms with van der Waals surface area (Å²) in [6.45, 7) is 3.39. The van der Waals surface area contributed by atoms with Gasteiger partial charge in [-0.05, 0) is 39.0 Å². The molecule has 0 saturated heterocycles. The normalized spacial score (nSPS) is 14.8. The molecular weight excluding hydrogens is 344 g/mol. The van der Waals surface area contributed by atoms with E-state index in [1.807, 2.05) is 0 Å². The van der Waals surface area contributed by atoms with Crippen molar-refractivity contribution >= 4 is 11.9 Å². The van der Waals surface area contributed by atoms with E-state index in [2.05, 4.69) is 23.8 Å². The molecule has 0 aromatic carbocycles. The van der Waals surface area contributed by atoms with Crippen molar-refractivity contribution in [3.63, 3.8) is 0 Å². The Morgan fingerprint density at radius 1 is 0.926 bits per heavy atom. The van der Waals surface area contributed by atoms with Crippen LogP contribution < -0.4 is 0 Å². The summed E-state index contributed by atoms with van der Waals surface area (Å²) in [5.41, 5.74) is -2.09. The lowest BCUT2D eigenvalue weighted by molar-refractivity contribution is -0.173. The minimum Gasteiger partial charge on any atom is -0.479 e. The van der Waals surface area contributed by atoms with E-state index >= 15 is 0 Å². The second-order valence-corrected chi connectivity index (χ2v) is 7.55. The number of hydrogen-bond donors (Lipinski definition) is 2. The van der Waals surface area contributed by atoms with Crippen molar-refractivity contribution in [2.24, 2.45) is 5.92 Å². The van der Waals surface area contributed by atoms with E-state index in [-0.39, 0.29) is 0 Å². The molecule has 5 nitrogen and oxygen atoms in total. The molecule has 2 atom stereocenters. The van der Waals surface area contributed by atoms with E-state index in [9.17, 15) is 14.7 Å². The molecular formula is C22H40O5. The number of carbonyl (C=O) groups is 2. The summed E-state index contributed by atoms with van der Waals surface area (Å²) >= 11 is 0. The zero-order valence-electron chi connectivity index (χ0n) is 17.5. The number of carbonyl (C=O) groups excluding carboxylic acids is 1. The number of hydrogen-bond acceptors (Lipinski definition) is 4. The molecule has 0 saturated carbocycles. The third-order valence-corrected chi connectivity index (χ3v) is 5.10. The average molecular weight is 385 g/mol. The Hall–Kier alpha value is -1.36. The highest BCUT2D eigenvalue weighted by atomic mass is 16.5. The van der Waals surface area contributed by atoms with Crippen molar-refractivity contribution in [2.45, 2.75) is 103 Å². The van der Waals surface area contributed by atoms with Crippen LogP contribution >= 0.6 is 0 Å². The van der Waals surface area contributed by atoms with Crippen molar-refractivity contribution in [1.29, 1.82) is 0 Å². The summed E-state index contributed by atoms with van der Waals surface area (Å²) in [4.78, 5) is 22.9. The fourth-order valence-electron chi connectivity index (χ4n) is 3.16. The maximum Gasteiger partial charge on any atom is 0.336 e. The van der Waals surface area contributed by atoms with Crippen LogP contribution in [0.25, 0.3) is 0 Å². The molecule has 0 bridgehead atoms. The monoisotopic (exact) mass is 384 g/mol. The number of aliphatic hydroxyl groups is 1. The Labute approximate surface area is 165 Å². The van der Waals surface area contributed by atoms with E-state index in [0.29, 0.717) is 12.8 Å². The molecule has 5 heteroatoms. The number of ether oxygens (including phenoxy) is 1. The van der Waals surface area contributed by atoms with Gasteiger partial charge in [-0.3, -0.25) is 4.79 Å². The third kappa shape index (κ3) is 11.9. The highest BCUT2D eigenvalue weighted by molar-refractivity contribution is 5.85. The summed E-state index contributed by atoms with van der Waals surface area (Å²) in [6.07, 6.45) is 18.8. The lowest BCUT2D eigenvalue weighted by atomic mass is 9.85. The topological polar surface area (TPSA) is 83.8 Å². The van der Waals surface area contributed by atoms with Gasteiger partial charge in [0.1, 0.15) is 0 Å². The van der Waals surface area contributed by atoms with Gasteiger partial charge in [-0.1, -0.05) is 70.4 Å². The molecule has 2 unspecified atom stereocenters. The molecule has 27 heavy (non-hydrogen) atoms. The van der Waals surface area contributed by atoms with Crippen LogP contribution in [0.15, 0.2) is 12.2 Å². The Kier molecular flexibility index (Phi) is 14.9. The molecule has 0 spiro atoms. The minimum absolute atomic E-state index is 0.319. The number of methoxy groups -OCH3 is 1.